The largest absolute Gasteiger partial charge is 0.299 e. The maximum absolute atomic E-state index is 3.64. The third-order valence-corrected chi connectivity index (χ3v) is 4.85. The van der Waals surface area contributed by atoms with E-state index in [4.69, 9.17) is 0 Å². The Bertz CT molecular complexity index is 190. The van der Waals surface area contributed by atoms with E-state index < -0.39 is 0 Å². The fraction of sp³-hybridized carbons (Fsp3) is 1.00. The smallest absolute Gasteiger partial charge is 0.0159 e. The van der Waals surface area contributed by atoms with Crippen molar-refractivity contribution in [2.45, 2.75) is 77.7 Å². The molecule has 0 aromatic heterocycles. The van der Waals surface area contributed by atoms with Gasteiger partial charge in [-0.2, -0.15) is 0 Å². The summed E-state index contributed by atoms with van der Waals surface area (Å²) in [4.78, 5) is 2.79. The maximum Gasteiger partial charge on any atom is 0.0159 e. The number of unbranched alkanes of at least 4 members (excludes halogenated alkanes) is 1. The Kier molecular flexibility index (Phi) is 9.40. The van der Waals surface area contributed by atoms with E-state index in [2.05, 4.69) is 34.7 Å². The number of halogens is 1. The monoisotopic (exact) mass is 317 g/mol. The van der Waals surface area contributed by atoms with E-state index in [1.807, 2.05) is 0 Å². The highest BCUT2D eigenvalue weighted by Crippen LogP contribution is 2.25. The molecule has 108 valence electrons. The average Bonchev–Trinajstić information content (AvgIpc) is 2.43. The molecule has 1 rings (SSSR count). The molecule has 0 aliphatic heterocycles. The van der Waals surface area contributed by atoms with Gasteiger partial charge < -0.3 is 0 Å². The molecule has 1 aliphatic carbocycles. The number of hydrogen-bond donors (Lipinski definition) is 0. The Morgan fingerprint density at radius 1 is 1.17 bits per heavy atom. The van der Waals surface area contributed by atoms with Gasteiger partial charge in [0.2, 0.25) is 0 Å². The number of hydrogen-bond acceptors (Lipinski definition) is 1. The lowest BCUT2D eigenvalue weighted by atomic mass is 9.92. The third kappa shape index (κ3) is 6.06. The number of nitrogens with zero attached hydrogens (tertiary/aromatic N) is 1. The fourth-order valence-corrected chi connectivity index (χ4v) is 3.68. The van der Waals surface area contributed by atoms with Gasteiger partial charge in [-0.15, -0.1) is 0 Å². The standard InChI is InChI=1S/C16H32BrN/c1-3-5-9-15(4-2)14-18(13-12-17)16-10-7-6-8-11-16/h15-16H,3-14H2,1-2H3. The van der Waals surface area contributed by atoms with E-state index in [-0.39, 0.29) is 0 Å². The molecule has 1 saturated carbocycles. The highest BCUT2D eigenvalue weighted by Gasteiger charge is 2.22. The van der Waals surface area contributed by atoms with Gasteiger partial charge >= 0.3 is 0 Å². The Balaban J connectivity index is 2.43. The minimum atomic E-state index is 0.881. The van der Waals surface area contributed by atoms with Gasteiger partial charge in [0.05, 0.1) is 0 Å². The van der Waals surface area contributed by atoms with Crippen LogP contribution >= 0.6 is 15.9 Å². The van der Waals surface area contributed by atoms with Crippen LogP contribution in [0.25, 0.3) is 0 Å². The molecule has 0 saturated heterocycles. The highest BCUT2D eigenvalue weighted by molar-refractivity contribution is 9.09. The van der Waals surface area contributed by atoms with E-state index in [0.29, 0.717) is 0 Å². The lowest BCUT2D eigenvalue weighted by Gasteiger charge is -2.36. The average molecular weight is 318 g/mol. The van der Waals surface area contributed by atoms with E-state index in [1.165, 1.54) is 70.9 Å². The SMILES string of the molecule is CCCCC(CC)CN(CCBr)C1CCCCC1. The summed E-state index contributed by atoms with van der Waals surface area (Å²) in [5.74, 6) is 0.922. The molecule has 0 spiro atoms. The zero-order chi connectivity index (χ0) is 13.2. The summed E-state index contributed by atoms with van der Waals surface area (Å²) in [7, 11) is 0. The molecule has 1 nitrogen and oxygen atoms in total. The normalized spacial score (nSPS) is 19.3. The summed E-state index contributed by atoms with van der Waals surface area (Å²) in [5.41, 5.74) is 0. The van der Waals surface area contributed by atoms with Crippen molar-refractivity contribution in [3.8, 4) is 0 Å². The minimum Gasteiger partial charge on any atom is -0.299 e. The van der Waals surface area contributed by atoms with Crippen LogP contribution < -0.4 is 0 Å². The van der Waals surface area contributed by atoms with Crippen molar-refractivity contribution in [1.82, 2.24) is 4.90 Å². The second kappa shape index (κ2) is 10.3. The molecule has 0 bridgehead atoms. The highest BCUT2D eigenvalue weighted by atomic mass is 79.9. The summed E-state index contributed by atoms with van der Waals surface area (Å²) in [6.45, 7) is 7.26. The van der Waals surface area contributed by atoms with Gasteiger partial charge in [0, 0.05) is 24.5 Å². The summed E-state index contributed by atoms with van der Waals surface area (Å²) in [5, 5.41) is 1.13. The topological polar surface area (TPSA) is 3.24 Å². The lowest BCUT2D eigenvalue weighted by Crippen LogP contribution is -2.41. The quantitative estimate of drug-likeness (QED) is 0.526. The first-order valence-electron chi connectivity index (χ1n) is 8.11. The molecule has 2 heteroatoms. The zero-order valence-electron chi connectivity index (χ0n) is 12.5. The molecule has 0 aromatic carbocycles. The van der Waals surface area contributed by atoms with E-state index in [1.54, 1.807) is 0 Å². The maximum atomic E-state index is 3.64. The number of alkyl halides is 1. The van der Waals surface area contributed by atoms with Crippen LogP contribution in [0.2, 0.25) is 0 Å². The molecule has 0 aromatic rings. The van der Waals surface area contributed by atoms with Crippen LogP contribution in [0.4, 0.5) is 0 Å². The molecule has 0 amide bonds. The van der Waals surface area contributed by atoms with Gasteiger partial charge in [0.25, 0.3) is 0 Å². The minimum absolute atomic E-state index is 0.881. The second-order valence-electron chi connectivity index (χ2n) is 5.89. The molecule has 1 fully saturated rings. The van der Waals surface area contributed by atoms with Crippen LogP contribution in [0.3, 0.4) is 0 Å². The van der Waals surface area contributed by atoms with Gasteiger partial charge in [-0.1, -0.05) is 68.3 Å². The molecule has 1 atom stereocenters. The van der Waals surface area contributed by atoms with Crippen LogP contribution in [0, 0.1) is 5.92 Å². The predicted molar refractivity (Wildman–Crippen MR) is 85.5 cm³/mol. The van der Waals surface area contributed by atoms with Gasteiger partial charge in [-0.3, -0.25) is 4.90 Å². The van der Waals surface area contributed by atoms with Crippen molar-refractivity contribution in [3.05, 3.63) is 0 Å². The van der Waals surface area contributed by atoms with Crippen molar-refractivity contribution in [2.75, 3.05) is 18.4 Å². The van der Waals surface area contributed by atoms with Crippen LogP contribution in [0.15, 0.2) is 0 Å². The third-order valence-electron chi connectivity index (χ3n) is 4.50. The van der Waals surface area contributed by atoms with Gasteiger partial charge in [-0.05, 0) is 25.2 Å². The first-order chi connectivity index (χ1) is 8.81. The Hall–Kier alpha value is 0.440. The van der Waals surface area contributed by atoms with Crippen molar-refractivity contribution < 1.29 is 0 Å². The lowest BCUT2D eigenvalue weighted by molar-refractivity contribution is 0.136. The van der Waals surface area contributed by atoms with Crippen LogP contribution in [0.5, 0.6) is 0 Å². The first kappa shape index (κ1) is 16.5. The summed E-state index contributed by atoms with van der Waals surface area (Å²) >= 11 is 3.64. The van der Waals surface area contributed by atoms with Crippen molar-refractivity contribution in [1.29, 1.82) is 0 Å². The molecule has 0 radical (unpaired) electrons. The molecule has 0 heterocycles. The second-order valence-corrected chi connectivity index (χ2v) is 6.69. The molecule has 18 heavy (non-hydrogen) atoms. The Labute approximate surface area is 123 Å². The van der Waals surface area contributed by atoms with Gasteiger partial charge in [0.15, 0.2) is 0 Å². The van der Waals surface area contributed by atoms with Gasteiger partial charge in [-0.25, -0.2) is 0 Å². The van der Waals surface area contributed by atoms with Crippen molar-refractivity contribution in [2.24, 2.45) is 5.92 Å². The van der Waals surface area contributed by atoms with Crippen LogP contribution in [0.1, 0.15) is 71.6 Å². The molecular formula is C16H32BrN. The molecule has 0 N–H and O–H groups in total. The van der Waals surface area contributed by atoms with Crippen molar-refractivity contribution >= 4 is 15.9 Å². The molecule has 1 aliphatic rings. The van der Waals surface area contributed by atoms with E-state index in [0.717, 1.165) is 17.3 Å². The Morgan fingerprint density at radius 3 is 2.44 bits per heavy atom. The van der Waals surface area contributed by atoms with E-state index in [9.17, 15) is 0 Å². The zero-order valence-corrected chi connectivity index (χ0v) is 14.1. The summed E-state index contributed by atoms with van der Waals surface area (Å²) in [6.07, 6.45) is 12.8. The summed E-state index contributed by atoms with van der Waals surface area (Å²) < 4.78 is 0. The Morgan fingerprint density at radius 2 is 1.89 bits per heavy atom. The fourth-order valence-electron chi connectivity index (χ4n) is 3.23. The first-order valence-corrected chi connectivity index (χ1v) is 9.23. The van der Waals surface area contributed by atoms with Crippen LogP contribution in [-0.4, -0.2) is 29.4 Å². The van der Waals surface area contributed by atoms with Crippen molar-refractivity contribution in [3.63, 3.8) is 0 Å². The van der Waals surface area contributed by atoms with Crippen LogP contribution in [-0.2, 0) is 0 Å². The van der Waals surface area contributed by atoms with Gasteiger partial charge in [0.1, 0.15) is 0 Å². The number of rotatable bonds is 9. The summed E-state index contributed by atoms with van der Waals surface area (Å²) in [6, 6.07) is 0.881. The predicted octanol–water partition coefficient (Wildman–Crippen LogP) is 5.23. The molecule has 1 unspecified atom stereocenters. The van der Waals surface area contributed by atoms with E-state index >= 15 is 0 Å². The molecular weight excluding hydrogens is 286 g/mol.